The van der Waals surface area contributed by atoms with E-state index in [4.69, 9.17) is 18.9 Å². The van der Waals surface area contributed by atoms with Gasteiger partial charge in [-0.3, -0.25) is 4.79 Å². The molecule has 0 fully saturated rings. The summed E-state index contributed by atoms with van der Waals surface area (Å²) in [5, 5.41) is 0. The minimum absolute atomic E-state index is 0.107. The molecule has 0 saturated carbocycles. The molecule has 0 heterocycles. The summed E-state index contributed by atoms with van der Waals surface area (Å²) in [4.78, 5) is 23.4. The molecule has 0 radical (unpaired) electrons. The van der Waals surface area contributed by atoms with Crippen molar-refractivity contribution in [1.82, 2.24) is 0 Å². The number of ether oxygens (including phenoxy) is 4. The van der Waals surface area contributed by atoms with E-state index < -0.39 is 23.9 Å². The largest absolute Gasteiger partial charge is 0.463 e. The van der Waals surface area contributed by atoms with Crippen molar-refractivity contribution in [1.29, 1.82) is 0 Å². The predicted octanol–water partition coefficient (Wildman–Crippen LogP) is 2.54. The Bertz CT molecular complexity index is 608. The third kappa shape index (κ3) is 8.22. The molecule has 0 spiro atoms. The number of esters is 2. The van der Waals surface area contributed by atoms with Gasteiger partial charge >= 0.3 is 11.9 Å². The number of hydrogen-bond donors (Lipinski definition) is 0. The van der Waals surface area contributed by atoms with Crippen molar-refractivity contribution in [3.05, 3.63) is 41.2 Å². The lowest BCUT2D eigenvalue weighted by molar-refractivity contribution is -0.154. The molecule has 7 heteroatoms. The van der Waals surface area contributed by atoms with Gasteiger partial charge in [0.05, 0.1) is 19.8 Å². The highest BCUT2D eigenvalue weighted by molar-refractivity contribution is 5.87. The maximum absolute atomic E-state index is 13.5. The van der Waals surface area contributed by atoms with Gasteiger partial charge < -0.3 is 18.9 Å². The van der Waals surface area contributed by atoms with E-state index in [9.17, 15) is 14.0 Å². The highest BCUT2D eigenvalue weighted by Crippen LogP contribution is 2.16. The van der Waals surface area contributed by atoms with Crippen LogP contribution in [-0.4, -0.2) is 52.1 Å². The summed E-state index contributed by atoms with van der Waals surface area (Å²) < 4.78 is 33.5. The lowest BCUT2D eigenvalue weighted by atomic mass is 10.0. The number of halogens is 1. The van der Waals surface area contributed by atoms with Crippen LogP contribution in [0.3, 0.4) is 0 Å². The van der Waals surface area contributed by atoms with Crippen LogP contribution in [0, 0.1) is 5.82 Å². The number of benzene rings is 1. The number of methoxy groups -OCH3 is 2. The Morgan fingerprint density at radius 2 is 1.88 bits per heavy atom. The van der Waals surface area contributed by atoms with Crippen LogP contribution in [0.25, 0.3) is 6.08 Å². The van der Waals surface area contributed by atoms with Gasteiger partial charge in [0.1, 0.15) is 11.9 Å². The van der Waals surface area contributed by atoms with Crippen LogP contribution in [0.1, 0.15) is 24.5 Å². The van der Waals surface area contributed by atoms with E-state index in [-0.39, 0.29) is 26.2 Å². The molecule has 1 aromatic rings. The second kappa shape index (κ2) is 12.2. The van der Waals surface area contributed by atoms with Crippen LogP contribution in [-0.2, 0) is 35.0 Å². The first kappa shape index (κ1) is 21.8. The summed E-state index contributed by atoms with van der Waals surface area (Å²) in [6.45, 7) is 2.44. The lowest BCUT2D eigenvalue weighted by Gasteiger charge is -2.16. The van der Waals surface area contributed by atoms with Crippen molar-refractivity contribution in [2.24, 2.45) is 0 Å². The summed E-state index contributed by atoms with van der Waals surface area (Å²) in [6.07, 6.45) is 2.67. The van der Waals surface area contributed by atoms with Crippen molar-refractivity contribution in [2.45, 2.75) is 25.9 Å². The average molecular weight is 368 g/mol. The van der Waals surface area contributed by atoms with Gasteiger partial charge in [0.25, 0.3) is 0 Å². The molecule has 0 aliphatic rings. The van der Waals surface area contributed by atoms with Crippen LogP contribution < -0.4 is 0 Å². The van der Waals surface area contributed by atoms with E-state index in [0.717, 1.165) is 5.56 Å². The SMILES string of the molecule is CCOC(=O)/C=C/c1cc(F)ccc1CCC(=O)OC(COC)COC. The van der Waals surface area contributed by atoms with Gasteiger partial charge in [0.2, 0.25) is 0 Å². The zero-order valence-corrected chi connectivity index (χ0v) is 15.3. The number of carbonyl (C=O) groups is 2. The molecule has 1 aromatic carbocycles. The minimum Gasteiger partial charge on any atom is -0.463 e. The van der Waals surface area contributed by atoms with Gasteiger partial charge in [-0.25, -0.2) is 9.18 Å². The quantitative estimate of drug-likeness (QED) is 0.442. The molecule has 6 nitrogen and oxygen atoms in total. The van der Waals surface area contributed by atoms with Crippen molar-refractivity contribution >= 4 is 18.0 Å². The van der Waals surface area contributed by atoms with Crippen molar-refractivity contribution in [3.8, 4) is 0 Å². The van der Waals surface area contributed by atoms with Crippen molar-refractivity contribution in [2.75, 3.05) is 34.0 Å². The van der Waals surface area contributed by atoms with Gasteiger partial charge in [-0.05, 0) is 42.7 Å². The standard InChI is InChI=1S/C19H25FO6/c1-4-25-18(21)9-7-15-11-16(20)8-5-14(15)6-10-19(22)26-17(12-23-2)13-24-3/h5,7-9,11,17H,4,6,10,12-13H2,1-3H3/b9-7+. The Kier molecular flexibility index (Phi) is 10.2. The summed E-state index contributed by atoms with van der Waals surface area (Å²) in [5.74, 6) is -1.35. The number of aryl methyl sites for hydroxylation is 1. The fraction of sp³-hybridized carbons (Fsp3) is 0.474. The Balaban J connectivity index is 2.71. The monoisotopic (exact) mass is 368 g/mol. The van der Waals surface area contributed by atoms with E-state index in [0.29, 0.717) is 12.0 Å². The highest BCUT2D eigenvalue weighted by atomic mass is 19.1. The van der Waals surface area contributed by atoms with Crippen LogP contribution in [0.5, 0.6) is 0 Å². The Labute approximate surface area is 152 Å². The topological polar surface area (TPSA) is 71.1 Å². The molecule has 0 aliphatic heterocycles. The maximum atomic E-state index is 13.5. The molecule has 0 saturated heterocycles. The Hall–Kier alpha value is -2.25. The molecular weight excluding hydrogens is 343 g/mol. The fourth-order valence-electron chi connectivity index (χ4n) is 2.27. The van der Waals surface area contributed by atoms with Gasteiger partial charge in [0.15, 0.2) is 0 Å². The first-order valence-corrected chi connectivity index (χ1v) is 8.30. The van der Waals surface area contributed by atoms with Crippen molar-refractivity contribution < 1.29 is 32.9 Å². The lowest BCUT2D eigenvalue weighted by Crippen LogP contribution is -2.27. The third-order valence-corrected chi connectivity index (χ3v) is 3.40. The zero-order chi connectivity index (χ0) is 19.4. The van der Waals surface area contributed by atoms with Gasteiger partial charge in [-0.2, -0.15) is 0 Å². The molecule has 0 aromatic heterocycles. The molecule has 0 atom stereocenters. The molecule has 26 heavy (non-hydrogen) atoms. The van der Waals surface area contributed by atoms with Crippen LogP contribution in [0.4, 0.5) is 4.39 Å². The molecule has 0 aliphatic carbocycles. The highest BCUT2D eigenvalue weighted by Gasteiger charge is 2.15. The maximum Gasteiger partial charge on any atom is 0.330 e. The summed E-state index contributed by atoms with van der Waals surface area (Å²) in [5.41, 5.74) is 1.23. The normalized spacial score (nSPS) is 11.1. The Morgan fingerprint density at radius 3 is 2.50 bits per heavy atom. The van der Waals surface area contributed by atoms with E-state index in [1.165, 1.54) is 38.5 Å². The van der Waals surface area contributed by atoms with Gasteiger partial charge in [0, 0.05) is 26.7 Å². The second-order valence-electron chi connectivity index (χ2n) is 5.45. The third-order valence-electron chi connectivity index (χ3n) is 3.40. The molecule has 0 N–H and O–H groups in total. The van der Waals surface area contributed by atoms with Crippen LogP contribution in [0.15, 0.2) is 24.3 Å². The number of carbonyl (C=O) groups excluding carboxylic acids is 2. The fourth-order valence-corrected chi connectivity index (χ4v) is 2.27. The smallest absolute Gasteiger partial charge is 0.330 e. The number of hydrogen-bond acceptors (Lipinski definition) is 6. The summed E-state index contributed by atoms with van der Waals surface area (Å²) in [6, 6.07) is 4.19. The molecule has 0 amide bonds. The average Bonchev–Trinajstić information content (AvgIpc) is 2.60. The van der Waals surface area contributed by atoms with Crippen LogP contribution >= 0.6 is 0 Å². The Morgan fingerprint density at radius 1 is 1.19 bits per heavy atom. The summed E-state index contributed by atoms with van der Waals surface area (Å²) in [7, 11) is 3.02. The number of rotatable bonds is 11. The van der Waals surface area contributed by atoms with E-state index in [1.807, 2.05) is 0 Å². The van der Waals surface area contributed by atoms with Gasteiger partial charge in [-0.15, -0.1) is 0 Å². The van der Waals surface area contributed by atoms with Gasteiger partial charge in [-0.1, -0.05) is 6.07 Å². The molecular formula is C19H25FO6. The van der Waals surface area contributed by atoms with E-state index in [2.05, 4.69) is 0 Å². The molecule has 144 valence electrons. The van der Waals surface area contributed by atoms with Crippen molar-refractivity contribution in [3.63, 3.8) is 0 Å². The molecule has 1 rings (SSSR count). The predicted molar refractivity (Wildman–Crippen MR) is 94.0 cm³/mol. The first-order valence-electron chi connectivity index (χ1n) is 8.30. The second-order valence-corrected chi connectivity index (χ2v) is 5.45. The minimum atomic E-state index is -0.510. The van der Waals surface area contributed by atoms with E-state index >= 15 is 0 Å². The van der Waals surface area contributed by atoms with Crippen LogP contribution in [0.2, 0.25) is 0 Å². The first-order chi connectivity index (χ1) is 12.5. The summed E-state index contributed by atoms with van der Waals surface area (Å²) >= 11 is 0. The van der Waals surface area contributed by atoms with E-state index in [1.54, 1.807) is 13.0 Å². The molecule has 0 bridgehead atoms. The zero-order valence-electron chi connectivity index (χ0n) is 15.3. The molecule has 0 unspecified atom stereocenters.